The quantitative estimate of drug-likeness (QED) is 0.176. The summed E-state index contributed by atoms with van der Waals surface area (Å²) in [7, 11) is 0. The number of anilines is 3. The zero-order valence-electron chi connectivity index (χ0n) is 38.3. The topological polar surface area (TPSA) is 34.0 Å². The fraction of sp³-hybridized carbons (Fsp3) is 0.0303. The van der Waals surface area contributed by atoms with Gasteiger partial charge in [-0.05, 0) is 140 Å². The highest BCUT2D eigenvalue weighted by molar-refractivity contribution is 7.99. The number of aromatic nitrogens is 3. The molecule has 0 bridgehead atoms. The summed E-state index contributed by atoms with van der Waals surface area (Å²) in [6, 6.07) is 85.4. The van der Waals surface area contributed by atoms with Crippen LogP contribution < -0.4 is 4.90 Å². The second kappa shape index (κ2) is 14.4. The summed E-state index contributed by atoms with van der Waals surface area (Å²) in [6.07, 6.45) is 4.00. The first-order chi connectivity index (χ1) is 35.2. The molecule has 2 spiro atoms. The number of hydrogen-bond acceptors (Lipinski definition) is 4. The highest BCUT2D eigenvalue weighted by Gasteiger charge is 2.56. The lowest BCUT2D eigenvalue weighted by Crippen LogP contribution is -2.33. The molecule has 0 amide bonds. The summed E-state index contributed by atoms with van der Waals surface area (Å²) >= 11 is 1.90. The number of pyridine rings is 2. The summed E-state index contributed by atoms with van der Waals surface area (Å²) in [5, 5.41) is 2.37. The van der Waals surface area contributed by atoms with Gasteiger partial charge in [-0.25, -0.2) is 0 Å². The summed E-state index contributed by atoms with van der Waals surface area (Å²) in [6.45, 7) is 0. The van der Waals surface area contributed by atoms with Gasteiger partial charge in [0.25, 0.3) is 0 Å². The Morgan fingerprint density at radius 1 is 0.352 bits per heavy atom. The molecule has 0 saturated heterocycles. The van der Waals surface area contributed by atoms with Crippen molar-refractivity contribution in [2.75, 3.05) is 4.90 Å². The van der Waals surface area contributed by atoms with Crippen LogP contribution >= 0.6 is 11.8 Å². The van der Waals surface area contributed by atoms with Gasteiger partial charge in [-0.1, -0.05) is 163 Å². The fourth-order valence-electron chi connectivity index (χ4n) is 13.3. The van der Waals surface area contributed by atoms with E-state index in [0.717, 1.165) is 50.7 Å². The van der Waals surface area contributed by atoms with Crippen molar-refractivity contribution in [2.45, 2.75) is 20.6 Å². The van der Waals surface area contributed by atoms with Crippen LogP contribution in [0.15, 0.2) is 253 Å². The molecular weight excluding hydrogens is 881 g/mol. The highest BCUT2D eigenvalue weighted by atomic mass is 32.2. The molecule has 71 heavy (non-hydrogen) atoms. The van der Waals surface area contributed by atoms with Crippen molar-refractivity contribution >= 4 is 50.6 Å². The predicted octanol–water partition coefficient (Wildman–Crippen LogP) is 16.2. The maximum Gasteiger partial charge on any atom is 0.0939 e. The van der Waals surface area contributed by atoms with Crippen LogP contribution in [0, 0.1) is 0 Å². The maximum absolute atomic E-state index is 5.51. The largest absolute Gasteiger partial charge is 0.310 e. The monoisotopic (exact) mass is 920 g/mol. The molecule has 4 aliphatic rings. The third-order valence-corrected chi connectivity index (χ3v) is 17.1. The van der Waals surface area contributed by atoms with Crippen LogP contribution in [-0.2, 0) is 10.8 Å². The predicted molar refractivity (Wildman–Crippen MR) is 289 cm³/mol. The molecule has 1 aliphatic heterocycles. The van der Waals surface area contributed by atoms with Gasteiger partial charge < -0.3 is 9.47 Å². The Morgan fingerprint density at radius 3 is 1.63 bits per heavy atom. The SMILES string of the molecule is c1ccc(N(c2ccccc2)c2ccc3c(c2)c2ccccc2n3-c2cnc3c(c2)[C@]2(c4ccccc4Sc4cc5c(cc42)-c2ccccc2C52c4ccccc4-c4ccccc42)c2cccnc2-3)cc1. The number of rotatable bonds is 4. The van der Waals surface area contributed by atoms with Crippen LogP contribution in [0.4, 0.5) is 17.1 Å². The first-order valence-corrected chi connectivity index (χ1v) is 25.2. The Morgan fingerprint density at radius 2 is 0.915 bits per heavy atom. The normalized spacial score (nSPS) is 15.7. The van der Waals surface area contributed by atoms with Gasteiger partial charge in [0, 0.05) is 49.4 Å². The van der Waals surface area contributed by atoms with Crippen LogP contribution in [-0.4, -0.2) is 14.5 Å². The molecule has 3 aliphatic carbocycles. The third-order valence-electron chi connectivity index (χ3n) is 15.9. The number of nitrogens with zero attached hydrogens (tertiary/aromatic N) is 4. The van der Waals surface area contributed by atoms with E-state index in [4.69, 9.17) is 9.97 Å². The molecule has 3 aromatic heterocycles. The Bertz CT molecular complexity index is 4150. The van der Waals surface area contributed by atoms with Gasteiger partial charge in [0.1, 0.15) is 0 Å². The second-order valence-electron chi connectivity index (χ2n) is 19.2. The van der Waals surface area contributed by atoms with Crippen molar-refractivity contribution < 1.29 is 0 Å². The number of benzene rings is 9. The van der Waals surface area contributed by atoms with Crippen LogP contribution in [0.25, 0.3) is 61.1 Å². The summed E-state index contributed by atoms with van der Waals surface area (Å²) in [5.41, 5.74) is 22.7. The lowest BCUT2D eigenvalue weighted by atomic mass is 9.66. The molecule has 0 saturated carbocycles. The molecule has 9 aromatic carbocycles. The minimum atomic E-state index is -0.706. The first kappa shape index (κ1) is 39.1. The van der Waals surface area contributed by atoms with Crippen molar-refractivity contribution in [1.29, 1.82) is 0 Å². The molecule has 330 valence electrons. The highest BCUT2D eigenvalue weighted by Crippen LogP contribution is 2.67. The summed E-state index contributed by atoms with van der Waals surface area (Å²) in [4.78, 5) is 15.6. The van der Waals surface area contributed by atoms with Gasteiger partial charge in [-0.15, -0.1) is 0 Å². The second-order valence-corrected chi connectivity index (χ2v) is 20.3. The average Bonchev–Trinajstić information content (AvgIpc) is 4.12. The van der Waals surface area contributed by atoms with Gasteiger partial charge in [-0.2, -0.15) is 0 Å². The van der Waals surface area contributed by atoms with Gasteiger partial charge in [0.2, 0.25) is 0 Å². The van der Waals surface area contributed by atoms with E-state index in [1.807, 2.05) is 18.0 Å². The molecule has 1 atom stereocenters. The fourth-order valence-corrected chi connectivity index (χ4v) is 14.5. The Labute approximate surface area is 415 Å². The van der Waals surface area contributed by atoms with Gasteiger partial charge >= 0.3 is 0 Å². The van der Waals surface area contributed by atoms with E-state index in [1.165, 1.54) is 81.8 Å². The molecule has 5 heteroatoms. The van der Waals surface area contributed by atoms with Crippen molar-refractivity contribution in [3.63, 3.8) is 0 Å². The minimum Gasteiger partial charge on any atom is -0.310 e. The molecule has 16 rings (SSSR count). The van der Waals surface area contributed by atoms with E-state index in [-0.39, 0.29) is 0 Å². The van der Waals surface area contributed by atoms with E-state index in [2.05, 4.69) is 246 Å². The van der Waals surface area contributed by atoms with Gasteiger partial charge in [0.15, 0.2) is 0 Å². The molecule has 0 unspecified atom stereocenters. The lowest BCUT2D eigenvalue weighted by Gasteiger charge is -2.40. The van der Waals surface area contributed by atoms with E-state index < -0.39 is 10.8 Å². The van der Waals surface area contributed by atoms with Gasteiger partial charge in [-0.3, -0.25) is 9.97 Å². The van der Waals surface area contributed by atoms with Crippen LogP contribution in [0.3, 0.4) is 0 Å². The standard InChI is InChI=1S/C66H40N4S/c1-3-18-41(19-4-1)69(42-20-5-2-6-21-42)43-33-34-60-50(36-43)48-25-10-15-31-59(48)70(60)44-37-58-64(68-40-44)63-55(30-17-35-67-63)66(58)54-29-14-16-32-61(54)71-62-39-56-49(38-57(62)66)47-24-9-13-28-53(47)65(56)51-26-11-7-22-45(51)46-23-8-12-27-52(46)65/h1-40H/t66-/m1/s1. The lowest BCUT2D eigenvalue weighted by molar-refractivity contribution is 0.714. The first-order valence-electron chi connectivity index (χ1n) is 24.4. The number of hydrogen-bond donors (Lipinski definition) is 0. The van der Waals surface area contributed by atoms with E-state index in [1.54, 1.807) is 0 Å². The van der Waals surface area contributed by atoms with E-state index in [9.17, 15) is 0 Å². The molecular formula is C66H40N4S. The molecule has 4 heterocycles. The van der Waals surface area contributed by atoms with Crippen LogP contribution in [0.5, 0.6) is 0 Å². The number of fused-ring (bicyclic) bond motifs is 22. The molecule has 4 nitrogen and oxygen atoms in total. The third kappa shape index (κ3) is 5.00. The average molecular weight is 921 g/mol. The van der Waals surface area contributed by atoms with Crippen molar-refractivity contribution in [1.82, 2.24) is 14.5 Å². The summed E-state index contributed by atoms with van der Waals surface area (Å²) in [5.74, 6) is 0. The molecule has 12 aromatic rings. The van der Waals surface area contributed by atoms with Crippen molar-refractivity contribution in [2.24, 2.45) is 0 Å². The smallest absolute Gasteiger partial charge is 0.0939 e. The van der Waals surface area contributed by atoms with Crippen molar-refractivity contribution in [3.05, 3.63) is 287 Å². The zero-order chi connectivity index (χ0) is 46.4. The zero-order valence-corrected chi connectivity index (χ0v) is 39.1. The Hall–Kier alpha value is -8.77. The Kier molecular flexibility index (Phi) is 7.93. The van der Waals surface area contributed by atoms with E-state index >= 15 is 0 Å². The van der Waals surface area contributed by atoms with E-state index in [0.29, 0.717) is 0 Å². The molecule has 0 radical (unpaired) electrons. The molecule has 0 fully saturated rings. The maximum atomic E-state index is 5.51. The molecule has 0 N–H and O–H groups in total. The van der Waals surface area contributed by atoms with Gasteiger partial charge in [0.05, 0.1) is 45.1 Å². The number of para-hydroxylation sites is 3. The summed E-state index contributed by atoms with van der Waals surface area (Å²) < 4.78 is 2.42. The van der Waals surface area contributed by atoms with Crippen molar-refractivity contribution in [3.8, 4) is 39.3 Å². The van der Waals surface area contributed by atoms with Crippen LogP contribution in [0.2, 0.25) is 0 Å². The minimum absolute atomic E-state index is 0.448. The Balaban J connectivity index is 0.955. The van der Waals surface area contributed by atoms with Crippen LogP contribution in [0.1, 0.15) is 44.5 Å².